The van der Waals surface area contributed by atoms with Crippen LogP contribution in [0, 0.1) is 0 Å². The molecule has 2 rings (SSSR count). The van der Waals surface area contributed by atoms with E-state index in [1.54, 1.807) is 0 Å². The lowest BCUT2D eigenvalue weighted by atomic mass is 9.92. The van der Waals surface area contributed by atoms with Gasteiger partial charge in [0.05, 0.1) is 11.6 Å². The molecular formula is C18H26N2O2. The molecule has 4 heteroatoms. The summed E-state index contributed by atoms with van der Waals surface area (Å²) in [6.07, 6.45) is 2.25. The first-order valence-electron chi connectivity index (χ1n) is 7.82. The highest BCUT2D eigenvalue weighted by molar-refractivity contribution is 5.75. The number of hydrogen-bond acceptors (Lipinski definition) is 2. The maximum Gasteiger partial charge on any atom is 0.315 e. The van der Waals surface area contributed by atoms with E-state index in [9.17, 15) is 4.79 Å². The number of carbonyl (C=O) groups excluding carboxylic acids is 1. The van der Waals surface area contributed by atoms with Crippen molar-refractivity contribution >= 4 is 11.6 Å². The summed E-state index contributed by atoms with van der Waals surface area (Å²) in [5.41, 5.74) is 2.71. The third-order valence-electron chi connectivity index (χ3n) is 4.02. The van der Waals surface area contributed by atoms with Crippen molar-refractivity contribution in [1.29, 1.82) is 0 Å². The number of amides is 2. The average Bonchev–Trinajstić information content (AvgIpc) is 2.98. The second-order valence-electron chi connectivity index (χ2n) is 6.46. The van der Waals surface area contributed by atoms with Gasteiger partial charge in [0.25, 0.3) is 0 Å². The Morgan fingerprint density at radius 2 is 2.23 bits per heavy atom. The molecule has 22 heavy (non-hydrogen) atoms. The quantitative estimate of drug-likeness (QED) is 0.875. The molecule has 0 saturated carbocycles. The Morgan fingerprint density at radius 3 is 2.86 bits per heavy atom. The summed E-state index contributed by atoms with van der Waals surface area (Å²) >= 11 is 0. The van der Waals surface area contributed by atoms with Crippen molar-refractivity contribution in [3.05, 3.63) is 42.0 Å². The van der Waals surface area contributed by atoms with Crippen LogP contribution in [0.1, 0.15) is 44.7 Å². The topological polar surface area (TPSA) is 50.4 Å². The lowest BCUT2D eigenvalue weighted by Crippen LogP contribution is -2.48. The average molecular weight is 302 g/mol. The molecule has 1 fully saturated rings. The van der Waals surface area contributed by atoms with Crippen LogP contribution in [0.15, 0.2) is 30.8 Å². The molecule has 1 heterocycles. The van der Waals surface area contributed by atoms with Gasteiger partial charge in [0, 0.05) is 13.2 Å². The predicted octanol–water partition coefficient (Wildman–Crippen LogP) is 3.43. The van der Waals surface area contributed by atoms with E-state index >= 15 is 0 Å². The van der Waals surface area contributed by atoms with Gasteiger partial charge in [0.15, 0.2) is 0 Å². The molecule has 0 aromatic heterocycles. The molecule has 1 aliphatic rings. The van der Waals surface area contributed by atoms with Crippen LogP contribution in [0.4, 0.5) is 4.79 Å². The second-order valence-corrected chi connectivity index (χ2v) is 6.46. The van der Waals surface area contributed by atoms with Crippen molar-refractivity contribution < 1.29 is 9.53 Å². The number of rotatable bonds is 5. The molecule has 0 bridgehead atoms. The van der Waals surface area contributed by atoms with Crippen LogP contribution in [0.3, 0.4) is 0 Å². The molecule has 4 nitrogen and oxygen atoms in total. The number of carbonyl (C=O) groups is 1. The number of nitrogens with one attached hydrogen (secondary N) is 2. The number of urea groups is 1. The minimum Gasteiger partial charge on any atom is -0.376 e. The highest BCUT2D eigenvalue weighted by atomic mass is 16.5. The van der Waals surface area contributed by atoms with E-state index in [0.29, 0.717) is 6.54 Å². The van der Waals surface area contributed by atoms with E-state index in [-0.39, 0.29) is 12.1 Å². The van der Waals surface area contributed by atoms with Crippen LogP contribution in [-0.4, -0.2) is 25.3 Å². The van der Waals surface area contributed by atoms with E-state index in [1.165, 1.54) is 0 Å². The Balaban J connectivity index is 1.95. The minimum absolute atomic E-state index is 0.153. The Morgan fingerprint density at radius 1 is 1.45 bits per heavy atom. The zero-order chi connectivity index (χ0) is 16.2. The zero-order valence-corrected chi connectivity index (χ0v) is 13.7. The first-order chi connectivity index (χ1) is 10.4. The van der Waals surface area contributed by atoms with E-state index in [4.69, 9.17) is 4.74 Å². The first kappa shape index (κ1) is 16.6. The third kappa shape index (κ3) is 4.34. The van der Waals surface area contributed by atoms with Gasteiger partial charge in [0.2, 0.25) is 0 Å². The normalized spacial score (nSPS) is 18.0. The Kier molecular flexibility index (Phi) is 5.24. The number of benzene rings is 1. The van der Waals surface area contributed by atoms with Crippen molar-refractivity contribution in [2.24, 2.45) is 0 Å². The molecular weight excluding hydrogens is 276 g/mol. The van der Waals surface area contributed by atoms with Gasteiger partial charge in [-0.3, -0.25) is 0 Å². The van der Waals surface area contributed by atoms with Crippen LogP contribution >= 0.6 is 0 Å². The Hall–Kier alpha value is -1.81. The van der Waals surface area contributed by atoms with Crippen LogP contribution < -0.4 is 10.6 Å². The number of allylic oxidation sites excluding steroid dienone is 1. The molecule has 2 amide bonds. The first-order valence-corrected chi connectivity index (χ1v) is 7.82. The smallest absolute Gasteiger partial charge is 0.315 e. The molecule has 1 atom stereocenters. The van der Waals surface area contributed by atoms with Crippen LogP contribution in [0.5, 0.6) is 0 Å². The van der Waals surface area contributed by atoms with Crippen molar-refractivity contribution in [3.8, 4) is 0 Å². The van der Waals surface area contributed by atoms with Crippen LogP contribution in [0.2, 0.25) is 0 Å². The molecule has 0 radical (unpaired) electrons. The summed E-state index contributed by atoms with van der Waals surface area (Å²) in [5.74, 6) is 0. The highest BCUT2D eigenvalue weighted by Gasteiger charge is 2.24. The molecule has 0 aliphatic carbocycles. The molecule has 0 unspecified atom stereocenters. The summed E-state index contributed by atoms with van der Waals surface area (Å²) in [6.45, 7) is 11.3. The summed E-state index contributed by atoms with van der Waals surface area (Å²) < 4.78 is 5.51. The fourth-order valence-electron chi connectivity index (χ4n) is 2.59. The largest absolute Gasteiger partial charge is 0.376 e. The van der Waals surface area contributed by atoms with Crippen molar-refractivity contribution in [3.63, 3.8) is 0 Å². The minimum atomic E-state index is -0.452. The molecule has 1 aromatic rings. The van der Waals surface area contributed by atoms with Gasteiger partial charge in [-0.2, -0.15) is 0 Å². The fraction of sp³-hybridized carbons (Fsp3) is 0.500. The SMILES string of the molecule is C=C(C)c1cccc(C(C)(C)NC(=O)NC[C@H]2CCCO2)c1. The molecule has 0 spiro atoms. The maximum atomic E-state index is 12.1. The highest BCUT2D eigenvalue weighted by Crippen LogP contribution is 2.23. The summed E-state index contributed by atoms with van der Waals surface area (Å²) in [4.78, 5) is 12.1. The van der Waals surface area contributed by atoms with E-state index < -0.39 is 5.54 Å². The van der Waals surface area contributed by atoms with Gasteiger partial charge < -0.3 is 15.4 Å². The lowest BCUT2D eigenvalue weighted by molar-refractivity contribution is 0.111. The fourth-order valence-corrected chi connectivity index (χ4v) is 2.59. The van der Waals surface area contributed by atoms with Gasteiger partial charge in [0.1, 0.15) is 0 Å². The molecule has 1 saturated heterocycles. The maximum absolute atomic E-state index is 12.1. The Labute approximate surface area is 132 Å². The summed E-state index contributed by atoms with van der Waals surface area (Å²) in [6, 6.07) is 7.95. The molecule has 1 aromatic carbocycles. The van der Waals surface area contributed by atoms with Gasteiger partial charge in [-0.15, -0.1) is 0 Å². The van der Waals surface area contributed by atoms with E-state index in [0.717, 1.165) is 36.1 Å². The summed E-state index contributed by atoms with van der Waals surface area (Å²) in [5, 5.41) is 5.92. The molecule has 2 N–H and O–H groups in total. The van der Waals surface area contributed by atoms with Gasteiger partial charge >= 0.3 is 6.03 Å². The Bertz CT molecular complexity index is 546. The zero-order valence-electron chi connectivity index (χ0n) is 13.7. The molecule has 1 aliphatic heterocycles. The van der Waals surface area contributed by atoms with Crippen molar-refractivity contribution in [1.82, 2.24) is 10.6 Å². The molecule has 120 valence electrons. The standard InChI is InChI=1S/C18H26N2O2/c1-13(2)14-7-5-8-15(11-14)18(3,4)20-17(21)19-12-16-9-6-10-22-16/h5,7-8,11,16H,1,6,9-10,12H2,2-4H3,(H2,19,20,21)/t16-/m1/s1. The van der Waals surface area contributed by atoms with Gasteiger partial charge in [-0.25, -0.2) is 4.79 Å². The van der Waals surface area contributed by atoms with Crippen LogP contribution in [0.25, 0.3) is 5.57 Å². The third-order valence-corrected chi connectivity index (χ3v) is 4.02. The van der Waals surface area contributed by atoms with E-state index in [1.807, 2.05) is 39.0 Å². The van der Waals surface area contributed by atoms with Crippen molar-refractivity contribution in [2.45, 2.75) is 45.3 Å². The lowest BCUT2D eigenvalue weighted by Gasteiger charge is -2.28. The summed E-state index contributed by atoms with van der Waals surface area (Å²) in [7, 11) is 0. The number of ether oxygens (including phenoxy) is 1. The monoisotopic (exact) mass is 302 g/mol. The number of hydrogen-bond donors (Lipinski definition) is 2. The van der Waals surface area contributed by atoms with Gasteiger partial charge in [-0.1, -0.05) is 30.4 Å². The van der Waals surface area contributed by atoms with Crippen LogP contribution in [-0.2, 0) is 10.3 Å². The van der Waals surface area contributed by atoms with E-state index in [2.05, 4.69) is 23.3 Å². The second kappa shape index (κ2) is 6.97. The predicted molar refractivity (Wildman–Crippen MR) is 89.7 cm³/mol. The van der Waals surface area contributed by atoms with Gasteiger partial charge in [-0.05, 0) is 50.8 Å². The van der Waals surface area contributed by atoms with Crippen molar-refractivity contribution in [2.75, 3.05) is 13.2 Å².